The highest BCUT2D eigenvalue weighted by molar-refractivity contribution is 6.31. The molecule has 5 nitrogen and oxygen atoms in total. The van der Waals surface area contributed by atoms with Crippen molar-refractivity contribution in [3.8, 4) is 0 Å². The molecule has 0 radical (unpaired) electrons. The molecule has 0 unspecified atom stereocenters. The summed E-state index contributed by atoms with van der Waals surface area (Å²) >= 11 is 0. The molecular formula is C26H30N2O3. The maximum atomic E-state index is 12.7. The highest BCUT2D eigenvalue weighted by atomic mass is 16.5. The SMILES string of the molecule is COCCN1CCN(CCc2ccc3c(c2)CO/C3=C2/C(=O)Cc3ccccc32)CC1. The van der Waals surface area contributed by atoms with Gasteiger partial charge in [-0.15, -0.1) is 0 Å². The summed E-state index contributed by atoms with van der Waals surface area (Å²) in [7, 11) is 1.77. The molecule has 0 amide bonds. The zero-order chi connectivity index (χ0) is 21.2. The van der Waals surface area contributed by atoms with Gasteiger partial charge in [0.1, 0.15) is 12.4 Å². The summed E-state index contributed by atoms with van der Waals surface area (Å²) in [6.45, 7) is 7.95. The molecule has 162 valence electrons. The van der Waals surface area contributed by atoms with Crippen LogP contribution in [0.2, 0.25) is 0 Å². The van der Waals surface area contributed by atoms with Crippen molar-refractivity contribution >= 4 is 17.1 Å². The average Bonchev–Trinajstić information content (AvgIpc) is 3.36. The van der Waals surface area contributed by atoms with Crippen LogP contribution >= 0.6 is 0 Å². The van der Waals surface area contributed by atoms with E-state index in [1.165, 1.54) is 11.1 Å². The second kappa shape index (κ2) is 8.95. The fourth-order valence-corrected chi connectivity index (χ4v) is 4.90. The van der Waals surface area contributed by atoms with E-state index in [0.29, 0.717) is 13.0 Å². The first-order chi connectivity index (χ1) is 15.2. The van der Waals surface area contributed by atoms with E-state index < -0.39 is 0 Å². The minimum atomic E-state index is 0.165. The van der Waals surface area contributed by atoms with Gasteiger partial charge in [0.2, 0.25) is 0 Å². The molecule has 5 rings (SSSR count). The van der Waals surface area contributed by atoms with Gasteiger partial charge in [-0.1, -0.05) is 42.5 Å². The summed E-state index contributed by atoms with van der Waals surface area (Å²) in [5.74, 6) is 0.932. The highest BCUT2D eigenvalue weighted by Gasteiger charge is 2.32. The molecule has 0 N–H and O–H groups in total. The van der Waals surface area contributed by atoms with Crippen LogP contribution in [-0.4, -0.2) is 68.6 Å². The van der Waals surface area contributed by atoms with Crippen LogP contribution in [0.5, 0.6) is 0 Å². The number of piperazine rings is 1. The molecule has 1 fully saturated rings. The molecule has 1 saturated heterocycles. The second-order valence-electron chi connectivity index (χ2n) is 8.67. The van der Waals surface area contributed by atoms with Crippen molar-refractivity contribution in [2.75, 3.05) is 53.0 Å². The highest BCUT2D eigenvalue weighted by Crippen LogP contribution is 2.40. The van der Waals surface area contributed by atoms with Gasteiger partial charge in [0.05, 0.1) is 12.2 Å². The lowest BCUT2D eigenvalue weighted by molar-refractivity contribution is -0.112. The minimum absolute atomic E-state index is 0.165. The number of hydrogen-bond acceptors (Lipinski definition) is 5. The van der Waals surface area contributed by atoms with E-state index in [9.17, 15) is 4.79 Å². The van der Waals surface area contributed by atoms with E-state index in [1.54, 1.807) is 7.11 Å². The molecule has 0 saturated carbocycles. The number of rotatable bonds is 6. The van der Waals surface area contributed by atoms with Crippen LogP contribution in [0.4, 0.5) is 0 Å². The minimum Gasteiger partial charge on any atom is -0.487 e. The molecule has 0 atom stereocenters. The van der Waals surface area contributed by atoms with Crippen molar-refractivity contribution in [2.24, 2.45) is 0 Å². The Kier molecular flexibility index (Phi) is 5.90. The van der Waals surface area contributed by atoms with E-state index in [1.807, 2.05) is 24.3 Å². The molecule has 5 heteroatoms. The molecule has 1 aliphatic carbocycles. The number of benzene rings is 2. The monoisotopic (exact) mass is 418 g/mol. The molecule has 0 bridgehead atoms. The average molecular weight is 419 g/mol. The van der Waals surface area contributed by atoms with E-state index in [-0.39, 0.29) is 5.78 Å². The smallest absolute Gasteiger partial charge is 0.171 e. The third-order valence-corrected chi connectivity index (χ3v) is 6.72. The van der Waals surface area contributed by atoms with Crippen molar-refractivity contribution < 1.29 is 14.3 Å². The Balaban J connectivity index is 1.25. The number of carbonyl (C=O) groups excluding carboxylic acids is 1. The lowest BCUT2D eigenvalue weighted by Crippen LogP contribution is -2.47. The summed E-state index contributed by atoms with van der Waals surface area (Å²) in [4.78, 5) is 17.7. The van der Waals surface area contributed by atoms with Crippen molar-refractivity contribution in [1.29, 1.82) is 0 Å². The Bertz CT molecular complexity index is 1010. The number of hydrogen-bond donors (Lipinski definition) is 0. The zero-order valence-electron chi connectivity index (χ0n) is 18.2. The lowest BCUT2D eigenvalue weighted by atomic mass is 9.98. The number of nitrogens with zero attached hydrogens (tertiary/aromatic N) is 2. The molecule has 2 aromatic rings. The van der Waals surface area contributed by atoms with Crippen LogP contribution in [0, 0.1) is 0 Å². The fourth-order valence-electron chi connectivity index (χ4n) is 4.90. The predicted molar refractivity (Wildman–Crippen MR) is 122 cm³/mol. The molecule has 31 heavy (non-hydrogen) atoms. The van der Waals surface area contributed by atoms with Gasteiger partial charge in [0.25, 0.3) is 0 Å². The largest absolute Gasteiger partial charge is 0.487 e. The molecule has 3 aliphatic rings. The number of allylic oxidation sites excluding steroid dienone is 1. The number of methoxy groups -OCH3 is 1. The fraction of sp³-hybridized carbons (Fsp3) is 0.423. The molecule has 2 heterocycles. The first kappa shape index (κ1) is 20.4. The predicted octanol–water partition coefficient (Wildman–Crippen LogP) is 3.02. The van der Waals surface area contributed by atoms with Gasteiger partial charge >= 0.3 is 0 Å². The van der Waals surface area contributed by atoms with Crippen LogP contribution in [0.1, 0.15) is 27.8 Å². The first-order valence-electron chi connectivity index (χ1n) is 11.3. The Morgan fingerprint density at radius 1 is 0.935 bits per heavy atom. The molecule has 0 aromatic heterocycles. The van der Waals surface area contributed by atoms with Crippen molar-refractivity contribution in [3.63, 3.8) is 0 Å². The Morgan fingerprint density at radius 2 is 1.71 bits per heavy atom. The summed E-state index contributed by atoms with van der Waals surface area (Å²) in [5, 5.41) is 0. The van der Waals surface area contributed by atoms with Crippen LogP contribution in [0.25, 0.3) is 11.3 Å². The van der Waals surface area contributed by atoms with Gasteiger partial charge in [0.15, 0.2) is 5.78 Å². The molecular weight excluding hydrogens is 388 g/mol. The third kappa shape index (κ3) is 4.18. The van der Waals surface area contributed by atoms with Gasteiger partial charge < -0.3 is 14.4 Å². The zero-order valence-corrected chi connectivity index (χ0v) is 18.2. The normalized spacial score (nSPS) is 21.3. The van der Waals surface area contributed by atoms with Gasteiger partial charge in [0, 0.05) is 63.9 Å². The number of ketones is 1. The van der Waals surface area contributed by atoms with E-state index in [0.717, 1.165) is 80.3 Å². The maximum absolute atomic E-state index is 12.7. The van der Waals surface area contributed by atoms with Crippen LogP contribution < -0.4 is 0 Å². The van der Waals surface area contributed by atoms with Gasteiger partial charge in [-0.2, -0.15) is 0 Å². The van der Waals surface area contributed by atoms with Gasteiger partial charge in [-0.25, -0.2) is 0 Å². The van der Waals surface area contributed by atoms with Crippen molar-refractivity contribution in [1.82, 2.24) is 9.80 Å². The summed E-state index contributed by atoms with van der Waals surface area (Å²) in [6.07, 6.45) is 1.52. The molecule has 2 aliphatic heterocycles. The van der Waals surface area contributed by atoms with Crippen LogP contribution in [0.15, 0.2) is 42.5 Å². The van der Waals surface area contributed by atoms with E-state index in [4.69, 9.17) is 9.47 Å². The van der Waals surface area contributed by atoms with Crippen LogP contribution in [0.3, 0.4) is 0 Å². The van der Waals surface area contributed by atoms with Crippen molar-refractivity contribution in [3.05, 3.63) is 70.3 Å². The quantitative estimate of drug-likeness (QED) is 0.675. The summed E-state index contributed by atoms with van der Waals surface area (Å²) < 4.78 is 11.2. The third-order valence-electron chi connectivity index (χ3n) is 6.72. The van der Waals surface area contributed by atoms with Gasteiger partial charge in [-0.05, 0) is 23.1 Å². The number of ether oxygens (including phenoxy) is 2. The number of carbonyl (C=O) groups is 1. The number of Topliss-reactive ketones (excluding diaryl/α,β-unsaturated/α-hetero) is 1. The topological polar surface area (TPSA) is 42.0 Å². The Labute approximate surface area is 184 Å². The molecule has 2 aromatic carbocycles. The summed E-state index contributed by atoms with van der Waals surface area (Å²) in [5.41, 5.74) is 6.51. The molecule has 0 spiro atoms. The first-order valence-corrected chi connectivity index (χ1v) is 11.3. The Morgan fingerprint density at radius 3 is 2.52 bits per heavy atom. The van der Waals surface area contributed by atoms with Crippen molar-refractivity contribution in [2.45, 2.75) is 19.4 Å². The van der Waals surface area contributed by atoms with E-state index in [2.05, 4.69) is 28.0 Å². The Hall–Kier alpha value is -2.47. The summed E-state index contributed by atoms with van der Waals surface area (Å²) in [6, 6.07) is 14.7. The standard InChI is InChI=1S/C26H30N2O3/c1-30-15-14-28-12-10-27(11-13-28)9-8-19-6-7-23-21(16-19)18-31-26(23)25-22-5-3-2-4-20(22)17-24(25)29/h2-7,16H,8-15,17-18H2,1H3/b26-25+. The van der Waals surface area contributed by atoms with E-state index >= 15 is 0 Å². The van der Waals surface area contributed by atoms with Gasteiger partial charge in [-0.3, -0.25) is 9.69 Å². The second-order valence-corrected chi connectivity index (χ2v) is 8.67. The number of fused-ring (bicyclic) bond motifs is 2. The van der Waals surface area contributed by atoms with Crippen LogP contribution in [-0.2, 0) is 33.7 Å². The lowest BCUT2D eigenvalue weighted by Gasteiger charge is -2.34. The maximum Gasteiger partial charge on any atom is 0.171 e.